The predicted octanol–water partition coefficient (Wildman–Crippen LogP) is 6.50. The molecule has 29 heavy (non-hydrogen) atoms. The molecule has 0 radical (unpaired) electrons. The maximum atomic E-state index is 12.3. The van der Waals surface area contributed by atoms with Gasteiger partial charge < -0.3 is 4.74 Å². The number of carbonyl (C=O) groups excluding carboxylic acids is 2. The molecule has 0 spiro atoms. The minimum Gasteiger partial charge on any atom is -0.463 e. The molecule has 164 valence electrons. The van der Waals surface area contributed by atoms with Crippen LogP contribution in [0.4, 0.5) is 0 Å². The Morgan fingerprint density at radius 3 is 2.38 bits per heavy atom. The molecule has 3 aliphatic carbocycles. The van der Waals surface area contributed by atoms with Gasteiger partial charge in [0.15, 0.2) is 0 Å². The van der Waals surface area contributed by atoms with E-state index in [4.69, 9.17) is 4.74 Å². The number of esters is 1. The first-order valence-corrected chi connectivity index (χ1v) is 12.0. The molecule has 7 atom stereocenters. The zero-order chi connectivity index (χ0) is 21.4. The van der Waals surface area contributed by atoms with Crippen molar-refractivity contribution in [1.29, 1.82) is 0 Å². The lowest BCUT2D eigenvalue weighted by Crippen LogP contribution is -2.55. The Kier molecular flexibility index (Phi) is 6.65. The van der Waals surface area contributed by atoms with Gasteiger partial charge in [0.25, 0.3) is 0 Å². The van der Waals surface area contributed by atoms with Gasteiger partial charge in [-0.15, -0.1) is 0 Å². The van der Waals surface area contributed by atoms with Crippen LogP contribution in [0.3, 0.4) is 0 Å². The number of Topliss-reactive ketones (excluding diaryl/α,β-unsaturated/α-hetero) is 1. The van der Waals surface area contributed by atoms with Gasteiger partial charge in [-0.1, -0.05) is 32.4 Å². The Balaban J connectivity index is 1.87. The Morgan fingerprint density at radius 1 is 1.07 bits per heavy atom. The van der Waals surface area contributed by atoms with Crippen LogP contribution >= 0.6 is 0 Å². The summed E-state index contributed by atoms with van der Waals surface area (Å²) in [7, 11) is 0. The number of fused-ring (bicyclic) bond motifs is 3. The van der Waals surface area contributed by atoms with Crippen molar-refractivity contribution in [2.24, 2.45) is 34.5 Å². The van der Waals surface area contributed by atoms with Crippen molar-refractivity contribution in [3.05, 3.63) is 12.2 Å². The third-order valence-electron chi connectivity index (χ3n) is 9.17. The van der Waals surface area contributed by atoms with Crippen LogP contribution in [0.5, 0.6) is 0 Å². The molecule has 0 aromatic heterocycles. The van der Waals surface area contributed by atoms with Crippen molar-refractivity contribution in [2.75, 3.05) is 0 Å². The van der Waals surface area contributed by atoms with Crippen LogP contribution in [0.1, 0.15) is 98.8 Å². The Morgan fingerprint density at radius 2 is 1.79 bits per heavy atom. The molecule has 3 nitrogen and oxygen atoms in total. The molecule has 3 heteroatoms. The molecule has 0 heterocycles. The van der Waals surface area contributed by atoms with E-state index in [0.717, 1.165) is 25.2 Å². The lowest BCUT2D eigenvalue weighted by atomic mass is 9.43. The van der Waals surface area contributed by atoms with Gasteiger partial charge in [-0.05, 0) is 94.3 Å². The normalized spacial score (nSPS) is 41.8. The van der Waals surface area contributed by atoms with E-state index >= 15 is 0 Å². The van der Waals surface area contributed by atoms with Crippen LogP contribution in [0.2, 0.25) is 0 Å². The molecule has 0 aromatic carbocycles. The third kappa shape index (κ3) is 4.08. The van der Waals surface area contributed by atoms with E-state index in [1.807, 2.05) is 0 Å². The van der Waals surface area contributed by atoms with Crippen molar-refractivity contribution < 1.29 is 14.3 Å². The van der Waals surface area contributed by atoms with Gasteiger partial charge in [0.1, 0.15) is 11.9 Å². The van der Waals surface area contributed by atoms with Crippen molar-refractivity contribution in [3.63, 3.8) is 0 Å². The SMILES string of the molecule is C=C(C)C1(CC(C)=O)CC[C@H]2[C@@H](CC[C@H]3C[C@H](OC(C)=O)CC[C@@]32C)[C@@H]1CCC. The summed E-state index contributed by atoms with van der Waals surface area (Å²) in [6.07, 6.45) is 11.2. The van der Waals surface area contributed by atoms with E-state index in [1.165, 1.54) is 51.0 Å². The highest BCUT2D eigenvalue weighted by atomic mass is 16.5. The molecule has 3 aliphatic rings. The summed E-state index contributed by atoms with van der Waals surface area (Å²) in [4.78, 5) is 23.7. The number of allylic oxidation sites excluding steroid dienone is 1. The van der Waals surface area contributed by atoms with E-state index in [0.29, 0.717) is 35.4 Å². The summed E-state index contributed by atoms with van der Waals surface area (Å²) in [5.74, 6) is 2.85. The first-order valence-electron chi connectivity index (χ1n) is 12.0. The van der Waals surface area contributed by atoms with E-state index in [9.17, 15) is 9.59 Å². The van der Waals surface area contributed by atoms with Crippen LogP contribution in [-0.2, 0) is 14.3 Å². The third-order valence-corrected chi connectivity index (χ3v) is 9.17. The van der Waals surface area contributed by atoms with Gasteiger partial charge in [-0.25, -0.2) is 0 Å². The Bertz CT molecular complexity index is 652. The molecular weight excluding hydrogens is 360 g/mol. The quantitative estimate of drug-likeness (QED) is 0.376. The second-order valence-corrected chi connectivity index (χ2v) is 10.8. The standard InChI is InChI=1S/C26H42O3/c1-7-8-24-22-10-9-20-15-21(29-19(5)28)11-13-25(20,6)23(22)12-14-26(24,17(2)3)16-18(4)27/h20-24H,2,7-16H2,1,3-6H3/t20-,21+,22+,23-,24-,25-,26?/m0/s1. The number of ether oxygens (including phenoxy) is 1. The molecule has 1 unspecified atom stereocenters. The van der Waals surface area contributed by atoms with Gasteiger partial charge >= 0.3 is 5.97 Å². The molecule has 0 N–H and O–H groups in total. The zero-order valence-corrected chi connectivity index (χ0v) is 19.4. The average Bonchev–Trinajstić information content (AvgIpc) is 2.63. The maximum Gasteiger partial charge on any atom is 0.302 e. The molecule has 0 saturated heterocycles. The van der Waals surface area contributed by atoms with E-state index in [-0.39, 0.29) is 17.5 Å². The van der Waals surface area contributed by atoms with Crippen molar-refractivity contribution in [1.82, 2.24) is 0 Å². The lowest BCUT2D eigenvalue weighted by Gasteiger charge is -2.62. The van der Waals surface area contributed by atoms with E-state index < -0.39 is 0 Å². The van der Waals surface area contributed by atoms with Crippen LogP contribution in [-0.4, -0.2) is 17.9 Å². The second kappa shape index (κ2) is 8.55. The molecular formula is C26H42O3. The van der Waals surface area contributed by atoms with Gasteiger partial charge in [-0.2, -0.15) is 0 Å². The van der Waals surface area contributed by atoms with E-state index in [1.54, 1.807) is 6.92 Å². The highest BCUT2D eigenvalue weighted by Gasteiger charge is 2.58. The fraction of sp³-hybridized carbons (Fsp3) is 0.846. The molecule has 3 fully saturated rings. The first-order chi connectivity index (χ1) is 13.6. The summed E-state index contributed by atoms with van der Waals surface area (Å²) in [5, 5.41) is 0. The minimum absolute atomic E-state index is 0.00114. The van der Waals surface area contributed by atoms with Crippen molar-refractivity contribution >= 4 is 11.8 Å². The summed E-state index contributed by atoms with van der Waals surface area (Å²) in [6.45, 7) is 14.7. The van der Waals surface area contributed by atoms with Crippen molar-refractivity contribution in [2.45, 2.75) is 105 Å². The highest BCUT2D eigenvalue weighted by molar-refractivity contribution is 5.77. The fourth-order valence-electron chi connectivity index (χ4n) is 7.92. The number of hydrogen-bond acceptors (Lipinski definition) is 3. The predicted molar refractivity (Wildman–Crippen MR) is 117 cm³/mol. The lowest BCUT2D eigenvalue weighted by molar-refractivity contribution is -0.160. The van der Waals surface area contributed by atoms with Gasteiger partial charge in [0.2, 0.25) is 0 Å². The van der Waals surface area contributed by atoms with E-state index in [2.05, 4.69) is 27.4 Å². The second-order valence-electron chi connectivity index (χ2n) is 10.8. The topological polar surface area (TPSA) is 43.4 Å². The van der Waals surface area contributed by atoms with Gasteiger partial charge in [0.05, 0.1) is 0 Å². The molecule has 3 rings (SSSR count). The maximum absolute atomic E-state index is 12.3. The summed E-state index contributed by atoms with van der Waals surface area (Å²) < 4.78 is 5.60. The minimum atomic E-state index is -0.136. The summed E-state index contributed by atoms with van der Waals surface area (Å²) in [6, 6.07) is 0. The van der Waals surface area contributed by atoms with Crippen LogP contribution in [0.15, 0.2) is 12.2 Å². The molecule has 0 aliphatic heterocycles. The van der Waals surface area contributed by atoms with Crippen molar-refractivity contribution in [3.8, 4) is 0 Å². The summed E-state index contributed by atoms with van der Waals surface area (Å²) >= 11 is 0. The van der Waals surface area contributed by atoms with Crippen LogP contribution in [0.25, 0.3) is 0 Å². The fourth-order valence-corrected chi connectivity index (χ4v) is 7.92. The molecule has 0 aromatic rings. The number of hydrogen-bond donors (Lipinski definition) is 0. The largest absolute Gasteiger partial charge is 0.463 e. The highest BCUT2D eigenvalue weighted by Crippen LogP contribution is 2.65. The number of carbonyl (C=O) groups is 2. The monoisotopic (exact) mass is 402 g/mol. The average molecular weight is 403 g/mol. The number of ketones is 1. The smallest absolute Gasteiger partial charge is 0.302 e. The van der Waals surface area contributed by atoms with Crippen LogP contribution < -0.4 is 0 Å². The Hall–Kier alpha value is -1.12. The van der Waals surface area contributed by atoms with Gasteiger partial charge in [-0.3, -0.25) is 9.59 Å². The molecule has 0 bridgehead atoms. The first kappa shape index (κ1) is 22.6. The van der Waals surface area contributed by atoms with Gasteiger partial charge in [0, 0.05) is 18.8 Å². The zero-order valence-electron chi connectivity index (χ0n) is 19.4. The molecule has 0 amide bonds. The van der Waals surface area contributed by atoms with Crippen LogP contribution in [0, 0.1) is 34.5 Å². The number of rotatable bonds is 6. The Labute approximate surface area is 178 Å². The molecule has 3 saturated carbocycles. The summed E-state index contributed by atoms with van der Waals surface area (Å²) in [5.41, 5.74) is 1.58.